The largest absolute Gasteiger partial charge is 0.497 e. The Labute approximate surface area is 168 Å². The zero-order chi connectivity index (χ0) is 20.5. The topological polar surface area (TPSA) is 76.2 Å². The van der Waals surface area contributed by atoms with E-state index in [4.69, 9.17) is 9.47 Å². The Hall–Kier alpha value is -3.35. The van der Waals surface area contributed by atoms with E-state index >= 15 is 0 Å². The summed E-state index contributed by atoms with van der Waals surface area (Å²) in [4.78, 5) is 41.0. The minimum absolute atomic E-state index is 0.192. The quantitative estimate of drug-likeness (QED) is 0.729. The van der Waals surface area contributed by atoms with Crippen molar-refractivity contribution < 1.29 is 23.9 Å². The summed E-state index contributed by atoms with van der Waals surface area (Å²) in [5.74, 6) is 0.255. The Bertz CT molecular complexity index is 952. The number of hydrogen-bond donors (Lipinski definition) is 0. The number of ether oxygens (including phenoxy) is 2. The molecule has 0 N–H and O–H groups in total. The maximum absolute atomic E-state index is 13.1. The van der Waals surface area contributed by atoms with Crippen molar-refractivity contribution in [2.24, 2.45) is 0 Å². The fourth-order valence-corrected chi connectivity index (χ4v) is 4.10. The van der Waals surface area contributed by atoms with E-state index in [1.54, 1.807) is 43.4 Å². The Morgan fingerprint density at radius 3 is 2.34 bits per heavy atom. The number of hydrogen-bond acceptors (Lipinski definition) is 5. The van der Waals surface area contributed by atoms with Crippen LogP contribution in [0.5, 0.6) is 11.5 Å². The Balaban J connectivity index is 1.57. The molecule has 0 spiro atoms. The zero-order valence-electron chi connectivity index (χ0n) is 16.4. The number of likely N-dealkylation sites (tertiary alicyclic amines) is 1. The lowest BCUT2D eigenvalue weighted by molar-refractivity contribution is -0.132. The third kappa shape index (κ3) is 3.22. The normalized spacial score (nSPS) is 18.2. The maximum Gasteiger partial charge on any atom is 0.262 e. The molecule has 7 nitrogen and oxygen atoms in total. The summed E-state index contributed by atoms with van der Waals surface area (Å²) in [6.45, 7) is 0.294. The number of imide groups is 1. The van der Waals surface area contributed by atoms with Crippen LogP contribution in [-0.4, -0.2) is 54.8 Å². The van der Waals surface area contributed by atoms with Gasteiger partial charge in [0.1, 0.15) is 18.0 Å². The van der Waals surface area contributed by atoms with E-state index < -0.39 is 11.8 Å². The first-order valence-corrected chi connectivity index (χ1v) is 9.51. The van der Waals surface area contributed by atoms with E-state index in [2.05, 4.69) is 0 Å². The number of amides is 3. The van der Waals surface area contributed by atoms with Gasteiger partial charge in [-0.25, -0.2) is 0 Å². The molecule has 2 aromatic rings. The second kappa shape index (κ2) is 7.58. The lowest BCUT2D eigenvalue weighted by atomic mass is 10.0. The molecule has 0 unspecified atom stereocenters. The van der Waals surface area contributed by atoms with Gasteiger partial charge < -0.3 is 14.4 Å². The number of nitrogens with zero attached hydrogens (tertiary/aromatic N) is 2. The molecule has 2 aromatic carbocycles. The number of benzene rings is 2. The number of methoxy groups -OCH3 is 2. The first-order chi connectivity index (χ1) is 14.0. The molecule has 0 aliphatic carbocycles. The molecule has 7 heteroatoms. The van der Waals surface area contributed by atoms with Gasteiger partial charge in [-0.05, 0) is 43.2 Å². The van der Waals surface area contributed by atoms with Crippen molar-refractivity contribution in [2.75, 3.05) is 27.3 Å². The Morgan fingerprint density at radius 2 is 1.72 bits per heavy atom. The van der Waals surface area contributed by atoms with E-state index in [9.17, 15) is 14.4 Å². The first-order valence-electron chi connectivity index (χ1n) is 9.51. The molecule has 2 aliphatic rings. The average molecular weight is 394 g/mol. The molecular weight excluding hydrogens is 372 g/mol. The van der Waals surface area contributed by atoms with Crippen molar-refractivity contribution >= 4 is 17.7 Å². The van der Waals surface area contributed by atoms with Crippen LogP contribution in [-0.2, 0) is 4.79 Å². The van der Waals surface area contributed by atoms with Gasteiger partial charge in [-0.2, -0.15) is 0 Å². The van der Waals surface area contributed by atoms with E-state index in [1.165, 1.54) is 0 Å². The molecule has 1 fully saturated rings. The second-order valence-electron chi connectivity index (χ2n) is 7.10. The highest BCUT2D eigenvalue weighted by atomic mass is 16.5. The number of fused-ring (bicyclic) bond motifs is 1. The maximum atomic E-state index is 13.1. The SMILES string of the molecule is COc1ccc(OC)c([C@@H]2CCCN2C(=O)CN2C(=O)c3ccccc3C2=O)c1. The van der Waals surface area contributed by atoms with E-state index in [0.29, 0.717) is 29.2 Å². The molecule has 4 rings (SSSR count). The van der Waals surface area contributed by atoms with Gasteiger partial charge in [0.25, 0.3) is 11.8 Å². The van der Waals surface area contributed by atoms with Crippen LogP contribution in [0.15, 0.2) is 42.5 Å². The number of carbonyl (C=O) groups excluding carboxylic acids is 3. The predicted octanol–water partition coefficient (Wildman–Crippen LogP) is 2.66. The Kier molecular flexibility index (Phi) is 4.96. The van der Waals surface area contributed by atoms with Gasteiger partial charge in [0.05, 0.1) is 31.4 Å². The standard InChI is InChI=1S/C22H22N2O5/c1-28-14-9-10-19(29-2)17(12-14)18-8-5-11-23(18)20(25)13-24-21(26)15-6-3-4-7-16(15)22(24)27/h3-4,6-7,9-10,12,18H,5,8,11,13H2,1-2H3/t18-/m0/s1. The molecule has 2 heterocycles. The van der Waals surface area contributed by atoms with Crippen LogP contribution in [0.1, 0.15) is 45.2 Å². The molecular formula is C22H22N2O5. The highest BCUT2D eigenvalue weighted by Gasteiger charge is 2.39. The molecule has 0 aromatic heterocycles. The second-order valence-corrected chi connectivity index (χ2v) is 7.10. The van der Waals surface area contributed by atoms with Crippen LogP contribution >= 0.6 is 0 Å². The zero-order valence-corrected chi connectivity index (χ0v) is 16.4. The highest BCUT2D eigenvalue weighted by molar-refractivity contribution is 6.22. The van der Waals surface area contributed by atoms with E-state index in [1.807, 2.05) is 18.2 Å². The van der Waals surface area contributed by atoms with Crippen LogP contribution in [0.3, 0.4) is 0 Å². The minimum Gasteiger partial charge on any atom is -0.497 e. The summed E-state index contributed by atoms with van der Waals surface area (Å²) in [6, 6.07) is 11.9. The molecule has 29 heavy (non-hydrogen) atoms. The molecule has 1 saturated heterocycles. The van der Waals surface area contributed by atoms with Crippen LogP contribution < -0.4 is 9.47 Å². The summed E-state index contributed by atoms with van der Waals surface area (Å²) >= 11 is 0. The molecule has 3 amide bonds. The van der Waals surface area contributed by atoms with Crippen LogP contribution in [0.4, 0.5) is 0 Å². The predicted molar refractivity (Wildman–Crippen MR) is 105 cm³/mol. The molecule has 150 valence electrons. The summed E-state index contributed by atoms with van der Waals surface area (Å²) < 4.78 is 10.8. The van der Waals surface area contributed by atoms with Gasteiger partial charge in [-0.15, -0.1) is 0 Å². The summed E-state index contributed by atoms with van der Waals surface area (Å²) in [5, 5.41) is 0. The van der Waals surface area contributed by atoms with Crippen LogP contribution in [0.25, 0.3) is 0 Å². The first kappa shape index (κ1) is 19.0. The summed E-state index contributed by atoms with van der Waals surface area (Å²) in [7, 11) is 3.18. The lowest BCUT2D eigenvalue weighted by Gasteiger charge is -2.28. The molecule has 0 bridgehead atoms. The van der Waals surface area contributed by atoms with Crippen molar-refractivity contribution in [1.29, 1.82) is 0 Å². The van der Waals surface area contributed by atoms with Crippen molar-refractivity contribution in [1.82, 2.24) is 9.80 Å². The van der Waals surface area contributed by atoms with E-state index in [-0.39, 0.29) is 18.5 Å². The molecule has 2 aliphatic heterocycles. The van der Waals surface area contributed by atoms with Crippen molar-refractivity contribution in [3.63, 3.8) is 0 Å². The average Bonchev–Trinajstić information content (AvgIpc) is 3.33. The fraction of sp³-hybridized carbons (Fsp3) is 0.318. The fourth-order valence-electron chi connectivity index (χ4n) is 4.10. The van der Waals surface area contributed by atoms with Gasteiger partial charge in [-0.1, -0.05) is 12.1 Å². The summed E-state index contributed by atoms with van der Waals surface area (Å²) in [6.07, 6.45) is 1.61. The van der Waals surface area contributed by atoms with Gasteiger partial charge in [0.2, 0.25) is 5.91 Å². The summed E-state index contributed by atoms with van der Waals surface area (Å²) in [5.41, 5.74) is 1.55. The van der Waals surface area contributed by atoms with Crippen molar-refractivity contribution in [2.45, 2.75) is 18.9 Å². The monoisotopic (exact) mass is 394 g/mol. The van der Waals surface area contributed by atoms with Crippen molar-refractivity contribution in [3.05, 3.63) is 59.2 Å². The van der Waals surface area contributed by atoms with Crippen LogP contribution in [0, 0.1) is 0 Å². The Morgan fingerprint density at radius 1 is 1.03 bits per heavy atom. The molecule has 0 radical (unpaired) electrons. The molecule has 1 atom stereocenters. The third-order valence-corrected chi connectivity index (χ3v) is 5.54. The van der Waals surface area contributed by atoms with Crippen LogP contribution in [0.2, 0.25) is 0 Å². The number of rotatable bonds is 5. The van der Waals surface area contributed by atoms with E-state index in [0.717, 1.165) is 23.3 Å². The van der Waals surface area contributed by atoms with Gasteiger partial charge in [0.15, 0.2) is 0 Å². The smallest absolute Gasteiger partial charge is 0.262 e. The third-order valence-electron chi connectivity index (χ3n) is 5.54. The minimum atomic E-state index is -0.423. The van der Waals surface area contributed by atoms with Gasteiger partial charge in [0, 0.05) is 12.1 Å². The van der Waals surface area contributed by atoms with Gasteiger partial charge >= 0.3 is 0 Å². The lowest BCUT2D eigenvalue weighted by Crippen LogP contribution is -2.42. The van der Waals surface area contributed by atoms with Gasteiger partial charge in [-0.3, -0.25) is 19.3 Å². The highest BCUT2D eigenvalue weighted by Crippen LogP contribution is 2.39. The number of carbonyl (C=O) groups is 3. The van der Waals surface area contributed by atoms with Crippen molar-refractivity contribution in [3.8, 4) is 11.5 Å². The molecule has 0 saturated carbocycles.